The summed E-state index contributed by atoms with van der Waals surface area (Å²) in [6, 6.07) is 30.0. The van der Waals surface area contributed by atoms with Crippen molar-refractivity contribution in [3.8, 4) is 0 Å². The molecule has 0 aliphatic carbocycles. The van der Waals surface area contributed by atoms with E-state index in [1.165, 1.54) is 0 Å². The summed E-state index contributed by atoms with van der Waals surface area (Å²) < 4.78 is 0. The Balaban J connectivity index is 0. The number of hydrogen-bond donors (Lipinski definition) is 0. The molecule has 0 aliphatic heterocycles. The van der Waals surface area contributed by atoms with Crippen LogP contribution in [-0.4, -0.2) is 0 Å². The topological polar surface area (TPSA) is 0 Å². The molecule has 0 aromatic heterocycles. The van der Waals surface area contributed by atoms with Gasteiger partial charge in [-0.25, -0.2) is 36.4 Å². The van der Waals surface area contributed by atoms with Crippen LogP contribution in [0.4, 0.5) is 0 Å². The van der Waals surface area contributed by atoms with Gasteiger partial charge in [0.25, 0.3) is 0 Å². The number of rotatable bonds is 0. The molecule has 0 heterocycles. The smallest absolute Gasteiger partial charge is 0.214 e. The largest absolute Gasteiger partial charge is 3.00 e. The van der Waals surface area contributed by atoms with Gasteiger partial charge in [-0.15, -0.1) is 0 Å². The van der Waals surface area contributed by atoms with Crippen LogP contribution >= 0.6 is 0 Å². The van der Waals surface area contributed by atoms with Crippen molar-refractivity contribution >= 4 is 0 Å². The first-order valence-corrected chi connectivity index (χ1v) is 5.00. The minimum atomic E-state index is 0. The molecule has 0 N–H and O–H groups in total. The summed E-state index contributed by atoms with van der Waals surface area (Å²) in [6.07, 6.45) is 0. The molecular formula is C15H15Zr2. The van der Waals surface area contributed by atoms with Gasteiger partial charge in [0.1, 0.15) is 0 Å². The van der Waals surface area contributed by atoms with Gasteiger partial charge in [0.05, 0.1) is 0 Å². The molecule has 0 unspecified atom stereocenters. The van der Waals surface area contributed by atoms with Gasteiger partial charge in [0.15, 0.2) is 0 Å². The third-order valence-corrected chi connectivity index (χ3v) is 1.67. The van der Waals surface area contributed by atoms with Gasteiger partial charge in [-0.1, -0.05) is 0 Å². The molecule has 0 fully saturated rings. The molecule has 0 nitrogen and oxygen atoms in total. The standard InChI is InChI=1S/3C5H5.2Zr/c3*1-2-4-5-3-1;;/h3*1-5H;;/q3*-1;;+3. The van der Waals surface area contributed by atoms with Gasteiger partial charge in [-0.3, -0.25) is 0 Å². The van der Waals surface area contributed by atoms with Crippen LogP contribution in [0, 0.1) is 0 Å². The quantitative estimate of drug-likeness (QED) is 0.515. The van der Waals surface area contributed by atoms with E-state index in [4.69, 9.17) is 0 Å². The molecule has 0 bridgehead atoms. The van der Waals surface area contributed by atoms with Crippen LogP contribution in [-0.2, 0) is 52.4 Å². The Labute approximate surface area is 142 Å². The molecule has 1 radical (unpaired) electrons. The molecule has 3 aromatic rings. The Morgan fingerprint density at radius 3 is 0.647 bits per heavy atom. The van der Waals surface area contributed by atoms with E-state index in [1.807, 2.05) is 91.0 Å². The average Bonchev–Trinajstić information content (AvgIpc) is 3.09. The third kappa shape index (κ3) is 13.8. The molecule has 3 aromatic carbocycles. The SMILES string of the molecule is [Zr+3].[Zr].c1cc[cH-]c1.c1cc[cH-]c1.c1cc[cH-]c1. The fraction of sp³-hybridized carbons (Fsp3) is 0. The fourth-order valence-electron chi connectivity index (χ4n) is 0.962. The first kappa shape index (κ1) is 19.2. The van der Waals surface area contributed by atoms with Crippen molar-refractivity contribution in [1.29, 1.82) is 0 Å². The van der Waals surface area contributed by atoms with Crippen molar-refractivity contribution in [2.45, 2.75) is 0 Å². The van der Waals surface area contributed by atoms with Crippen LogP contribution in [0.5, 0.6) is 0 Å². The Morgan fingerprint density at radius 1 is 0.412 bits per heavy atom. The summed E-state index contributed by atoms with van der Waals surface area (Å²) >= 11 is 0. The molecule has 0 saturated heterocycles. The van der Waals surface area contributed by atoms with Crippen molar-refractivity contribution in [2.24, 2.45) is 0 Å². The summed E-state index contributed by atoms with van der Waals surface area (Å²) in [5.41, 5.74) is 0. The molecular weight excluding hydrogens is 363 g/mol. The zero-order valence-corrected chi connectivity index (χ0v) is 14.6. The Morgan fingerprint density at radius 2 is 0.588 bits per heavy atom. The second kappa shape index (κ2) is 15.8. The predicted octanol–water partition coefficient (Wildman–Crippen LogP) is 4.21. The minimum absolute atomic E-state index is 0. The fourth-order valence-corrected chi connectivity index (χ4v) is 0.962. The first-order chi connectivity index (χ1) is 7.50. The average molecular weight is 378 g/mol. The van der Waals surface area contributed by atoms with Crippen LogP contribution in [0.15, 0.2) is 91.0 Å². The van der Waals surface area contributed by atoms with Gasteiger partial charge < -0.3 is 0 Å². The summed E-state index contributed by atoms with van der Waals surface area (Å²) in [7, 11) is 0. The van der Waals surface area contributed by atoms with Crippen LogP contribution in [0.25, 0.3) is 0 Å². The zero-order valence-electron chi connectivity index (χ0n) is 9.66. The maximum Gasteiger partial charge on any atom is 3.00 e. The van der Waals surface area contributed by atoms with Gasteiger partial charge in [-0.2, -0.15) is 54.6 Å². The molecule has 0 aliphatic rings. The Hall–Kier alpha value is -0.184. The molecule has 2 heteroatoms. The number of hydrogen-bond acceptors (Lipinski definition) is 0. The first-order valence-electron chi connectivity index (χ1n) is 5.00. The van der Waals surface area contributed by atoms with E-state index in [2.05, 4.69) is 0 Å². The van der Waals surface area contributed by atoms with E-state index in [9.17, 15) is 0 Å². The van der Waals surface area contributed by atoms with E-state index >= 15 is 0 Å². The second-order valence-corrected chi connectivity index (χ2v) is 2.89. The van der Waals surface area contributed by atoms with E-state index in [1.54, 1.807) is 0 Å². The molecule has 0 spiro atoms. The molecule has 3 rings (SSSR count). The van der Waals surface area contributed by atoms with Crippen molar-refractivity contribution in [3.05, 3.63) is 91.0 Å². The van der Waals surface area contributed by atoms with E-state index in [0.717, 1.165) is 0 Å². The second-order valence-electron chi connectivity index (χ2n) is 2.89. The van der Waals surface area contributed by atoms with Gasteiger partial charge in [0.2, 0.25) is 0 Å². The van der Waals surface area contributed by atoms with E-state index in [-0.39, 0.29) is 52.4 Å². The van der Waals surface area contributed by atoms with Crippen molar-refractivity contribution in [1.82, 2.24) is 0 Å². The Kier molecular flexibility index (Phi) is 17.8. The molecule has 0 atom stereocenters. The zero-order chi connectivity index (χ0) is 10.6. The van der Waals surface area contributed by atoms with Crippen LogP contribution in [0.3, 0.4) is 0 Å². The van der Waals surface area contributed by atoms with Crippen LogP contribution in [0.1, 0.15) is 0 Å². The van der Waals surface area contributed by atoms with E-state index < -0.39 is 0 Å². The van der Waals surface area contributed by atoms with Gasteiger partial charge in [-0.05, 0) is 0 Å². The molecule has 0 saturated carbocycles. The third-order valence-electron chi connectivity index (χ3n) is 1.67. The van der Waals surface area contributed by atoms with Gasteiger partial charge >= 0.3 is 26.2 Å². The van der Waals surface area contributed by atoms with Crippen molar-refractivity contribution in [2.75, 3.05) is 0 Å². The molecule has 0 amide bonds. The summed E-state index contributed by atoms with van der Waals surface area (Å²) in [6.45, 7) is 0. The normalized spacial score (nSPS) is 7.06. The Bertz CT molecular complexity index is 241. The van der Waals surface area contributed by atoms with Crippen molar-refractivity contribution < 1.29 is 52.4 Å². The monoisotopic (exact) mass is 375 g/mol. The molecule has 17 heavy (non-hydrogen) atoms. The summed E-state index contributed by atoms with van der Waals surface area (Å²) in [5.74, 6) is 0. The van der Waals surface area contributed by atoms with Crippen LogP contribution < -0.4 is 0 Å². The maximum absolute atomic E-state index is 2.00. The molecule has 83 valence electrons. The predicted molar refractivity (Wildman–Crippen MR) is 66.1 cm³/mol. The minimum Gasteiger partial charge on any atom is -0.214 e. The summed E-state index contributed by atoms with van der Waals surface area (Å²) in [4.78, 5) is 0. The van der Waals surface area contributed by atoms with E-state index in [0.29, 0.717) is 0 Å². The summed E-state index contributed by atoms with van der Waals surface area (Å²) in [5, 5.41) is 0. The maximum atomic E-state index is 2.00. The van der Waals surface area contributed by atoms with Gasteiger partial charge in [0, 0.05) is 26.2 Å². The van der Waals surface area contributed by atoms with Crippen molar-refractivity contribution in [3.63, 3.8) is 0 Å². The van der Waals surface area contributed by atoms with Crippen LogP contribution in [0.2, 0.25) is 0 Å².